The summed E-state index contributed by atoms with van der Waals surface area (Å²) in [5.41, 5.74) is 2.34. The summed E-state index contributed by atoms with van der Waals surface area (Å²) in [6.45, 7) is 3.68. The Bertz CT molecular complexity index is 728. The van der Waals surface area contributed by atoms with Gasteiger partial charge in [-0.1, -0.05) is 36.9 Å². The second-order valence-electron chi connectivity index (χ2n) is 5.09. The van der Waals surface area contributed by atoms with Crippen molar-refractivity contribution in [2.24, 2.45) is 0 Å². The minimum absolute atomic E-state index is 0.0914. The lowest BCUT2D eigenvalue weighted by Gasteiger charge is -2.27. The fraction of sp³-hybridized carbons (Fsp3) is 0.111. The molecule has 2 rings (SSSR count). The quantitative estimate of drug-likeness (QED) is 0.470. The van der Waals surface area contributed by atoms with Crippen LogP contribution < -0.4 is 0 Å². The number of nitrogens with zero attached hydrogens (tertiary/aromatic N) is 3. The van der Waals surface area contributed by atoms with Crippen molar-refractivity contribution in [1.29, 1.82) is 0 Å². The van der Waals surface area contributed by atoms with Crippen LogP contribution in [0.4, 0.5) is 5.69 Å². The molecule has 0 bridgehead atoms. The van der Waals surface area contributed by atoms with Gasteiger partial charge in [-0.3, -0.25) is 15.1 Å². The highest BCUT2D eigenvalue weighted by Gasteiger charge is 2.17. The summed E-state index contributed by atoms with van der Waals surface area (Å²) in [6.07, 6.45) is 13.0. The van der Waals surface area contributed by atoms with Crippen molar-refractivity contribution < 1.29 is 4.92 Å². The number of nitro groups is 1. The molecular weight excluding hydrogens is 290 g/mol. The van der Waals surface area contributed by atoms with E-state index in [0.29, 0.717) is 5.56 Å². The summed E-state index contributed by atoms with van der Waals surface area (Å²) in [7, 11) is 3.85. The van der Waals surface area contributed by atoms with Crippen LogP contribution in [-0.4, -0.2) is 29.0 Å². The predicted molar refractivity (Wildman–Crippen MR) is 93.2 cm³/mol. The third kappa shape index (κ3) is 3.84. The minimum atomic E-state index is -0.360. The van der Waals surface area contributed by atoms with E-state index in [4.69, 9.17) is 0 Å². The van der Waals surface area contributed by atoms with Crippen molar-refractivity contribution >= 4 is 11.3 Å². The molecule has 0 saturated heterocycles. The zero-order valence-electron chi connectivity index (χ0n) is 13.2. The smallest absolute Gasteiger partial charge is 0.277 e. The summed E-state index contributed by atoms with van der Waals surface area (Å²) in [4.78, 5) is 10.9. The Kier molecular flexibility index (Phi) is 5.28. The van der Waals surface area contributed by atoms with Gasteiger partial charge >= 0.3 is 0 Å². The molecule has 1 heterocycles. The van der Waals surface area contributed by atoms with Gasteiger partial charge < -0.3 is 0 Å². The first-order chi connectivity index (χ1) is 11.0. The minimum Gasteiger partial charge on any atom is -0.282 e. The van der Waals surface area contributed by atoms with Gasteiger partial charge in [-0.05, 0) is 29.9 Å². The average Bonchev–Trinajstić information content (AvgIpc) is 2.75. The van der Waals surface area contributed by atoms with Crippen LogP contribution >= 0.6 is 0 Å². The molecule has 0 aliphatic carbocycles. The van der Waals surface area contributed by atoms with E-state index in [0.717, 1.165) is 11.3 Å². The van der Waals surface area contributed by atoms with E-state index >= 15 is 0 Å². The van der Waals surface area contributed by atoms with Crippen molar-refractivity contribution in [3.8, 4) is 0 Å². The number of rotatable bonds is 5. The van der Waals surface area contributed by atoms with E-state index < -0.39 is 0 Å². The summed E-state index contributed by atoms with van der Waals surface area (Å²) in [6, 6.07) is 6.74. The molecule has 0 unspecified atom stereocenters. The lowest BCUT2D eigenvalue weighted by atomic mass is 10.0. The van der Waals surface area contributed by atoms with Gasteiger partial charge in [0.1, 0.15) is 0 Å². The Morgan fingerprint density at radius 2 is 2.04 bits per heavy atom. The molecule has 0 amide bonds. The molecule has 1 aliphatic heterocycles. The second kappa shape index (κ2) is 7.38. The molecule has 0 fully saturated rings. The topological polar surface area (TPSA) is 49.6 Å². The van der Waals surface area contributed by atoms with Crippen molar-refractivity contribution in [2.45, 2.75) is 0 Å². The van der Waals surface area contributed by atoms with Gasteiger partial charge in [0.05, 0.1) is 16.2 Å². The molecule has 5 heteroatoms. The normalized spacial score (nSPS) is 14.7. The third-order valence-corrected chi connectivity index (χ3v) is 3.32. The third-order valence-electron chi connectivity index (χ3n) is 3.32. The molecule has 0 N–H and O–H groups in total. The summed E-state index contributed by atoms with van der Waals surface area (Å²) < 4.78 is 0. The standard InChI is InChI=1S/C18H19N3O2/c1-4-5-10-16-14-15(9-8-13-20(16)19(2)3)17-11-6-7-12-18(17)21(22)23/h4-14H,1H2,2-3H3. The van der Waals surface area contributed by atoms with E-state index in [-0.39, 0.29) is 10.6 Å². The molecule has 1 aliphatic rings. The Morgan fingerprint density at radius 3 is 2.70 bits per heavy atom. The predicted octanol–water partition coefficient (Wildman–Crippen LogP) is 3.91. The molecule has 1 aromatic carbocycles. The van der Waals surface area contributed by atoms with E-state index in [9.17, 15) is 10.1 Å². The molecule has 5 nitrogen and oxygen atoms in total. The average molecular weight is 309 g/mol. The maximum atomic E-state index is 11.3. The Hall–Kier alpha value is -2.92. The number of hydrazine groups is 1. The molecule has 0 spiro atoms. The van der Waals surface area contributed by atoms with Crippen LogP contribution in [0.3, 0.4) is 0 Å². The molecular formula is C18H19N3O2. The number of hydrogen-bond donors (Lipinski definition) is 0. The van der Waals surface area contributed by atoms with Gasteiger partial charge in [-0.15, -0.1) is 0 Å². The highest BCUT2D eigenvalue weighted by Crippen LogP contribution is 2.29. The number of nitro benzene ring substituents is 1. The molecule has 1 aromatic rings. The van der Waals surface area contributed by atoms with E-state index in [1.54, 1.807) is 24.3 Å². The second-order valence-corrected chi connectivity index (χ2v) is 5.09. The summed E-state index contributed by atoms with van der Waals surface area (Å²) in [5, 5.41) is 15.1. The maximum Gasteiger partial charge on any atom is 0.277 e. The first-order valence-corrected chi connectivity index (χ1v) is 7.14. The summed E-state index contributed by atoms with van der Waals surface area (Å²) >= 11 is 0. The maximum absolute atomic E-state index is 11.3. The van der Waals surface area contributed by atoms with Gasteiger partial charge in [-0.2, -0.15) is 0 Å². The number of para-hydroxylation sites is 1. The monoisotopic (exact) mass is 309 g/mol. The van der Waals surface area contributed by atoms with Crippen molar-refractivity contribution in [3.05, 3.63) is 94.9 Å². The Labute approximate surface area is 135 Å². The zero-order valence-corrected chi connectivity index (χ0v) is 13.2. The SMILES string of the molecule is C=CC=CC1=CC(c2ccccc2[N+](=O)[O-])=CC=CN1N(C)C. The Morgan fingerprint density at radius 1 is 1.30 bits per heavy atom. The van der Waals surface area contributed by atoms with Gasteiger partial charge in [0.25, 0.3) is 5.69 Å². The molecule has 0 atom stereocenters. The molecule has 0 radical (unpaired) electrons. The van der Waals surface area contributed by atoms with Crippen LogP contribution in [0.2, 0.25) is 0 Å². The molecule has 23 heavy (non-hydrogen) atoms. The highest BCUT2D eigenvalue weighted by molar-refractivity contribution is 5.81. The summed E-state index contributed by atoms with van der Waals surface area (Å²) in [5.74, 6) is 0. The lowest BCUT2D eigenvalue weighted by Crippen LogP contribution is -2.30. The van der Waals surface area contributed by atoms with Crippen LogP contribution in [0, 0.1) is 10.1 Å². The van der Waals surface area contributed by atoms with E-state index in [2.05, 4.69) is 6.58 Å². The molecule has 0 aromatic heterocycles. The first-order valence-electron chi connectivity index (χ1n) is 7.14. The van der Waals surface area contributed by atoms with Gasteiger partial charge in [0.15, 0.2) is 0 Å². The zero-order chi connectivity index (χ0) is 16.8. The van der Waals surface area contributed by atoms with Crippen LogP contribution in [-0.2, 0) is 0 Å². The lowest BCUT2D eigenvalue weighted by molar-refractivity contribution is -0.385. The van der Waals surface area contributed by atoms with Crippen LogP contribution in [0.5, 0.6) is 0 Å². The van der Waals surface area contributed by atoms with E-state index in [1.807, 2.05) is 60.7 Å². The fourth-order valence-electron chi connectivity index (χ4n) is 2.29. The number of allylic oxidation sites excluding steroid dienone is 7. The molecule has 0 saturated carbocycles. The largest absolute Gasteiger partial charge is 0.282 e. The number of hydrogen-bond acceptors (Lipinski definition) is 4. The van der Waals surface area contributed by atoms with Gasteiger partial charge in [0, 0.05) is 26.4 Å². The highest BCUT2D eigenvalue weighted by atomic mass is 16.6. The van der Waals surface area contributed by atoms with Crippen LogP contribution in [0.25, 0.3) is 5.57 Å². The van der Waals surface area contributed by atoms with Crippen molar-refractivity contribution in [2.75, 3.05) is 14.1 Å². The molecule has 118 valence electrons. The van der Waals surface area contributed by atoms with Gasteiger partial charge in [0.2, 0.25) is 0 Å². The van der Waals surface area contributed by atoms with Crippen LogP contribution in [0.1, 0.15) is 5.56 Å². The fourth-order valence-corrected chi connectivity index (χ4v) is 2.29. The number of benzene rings is 1. The first kappa shape index (κ1) is 16.5. The van der Waals surface area contributed by atoms with Crippen molar-refractivity contribution in [3.63, 3.8) is 0 Å². The Balaban J connectivity index is 2.55. The van der Waals surface area contributed by atoms with Crippen molar-refractivity contribution in [1.82, 2.24) is 10.0 Å². The van der Waals surface area contributed by atoms with E-state index in [1.165, 1.54) is 6.07 Å². The van der Waals surface area contributed by atoms with Crippen LogP contribution in [0.15, 0.2) is 79.2 Å². The van der Waals surface area contributed by atoms with Gasteiger partial charge in [-0.25, -0.2) is 5.01 Å².